The van der Waals surface area contributed by atoms with Crippen LogP contribution in [0.1, 0.15) is 102 Å². The molecule has 9 rings (SSSR count). The first-order valence-electron chi connectivity index (χ1n) is 20.4. The van der Waals surface area contributed by atoms with E-state index < -0.39 is 0 Å². The summed E-state index contributed by atoms with van der Waals surface area (Å²) in [6, 6.07) is 30.2. The average Bonchev–Trinajstić information content (AvgIpc) is 3.33. The lowest BCUT2D eigenvalue weighted by atomic mass is 9.33. The highest BCUT2D eigenvalue weighted by molar-refractivity contribution is 7.01. The van der Waals surface area contributed by atoms with Crippen molar-refractivity contribution in [3.63, 3.8) is 0 Å². The Hall–Kier alpha value is -5.10. The van der Waals surface area contributed by atoms with Gasteiger partial charge in [0.25, 0.3) is 6.71 Å². The number of furan rings is 1. The van der Waals surface area contributed by atoms with Gasteiger partial charge in [-0.15, -0.1) is 0 Å². The van der Waals surface area contributed by atoms with Crippen molar-refractivity contribution in [3.05, 3.63) is 112 Å². The van der Waals surface area contributed by atoms with E-state index in [0.717, 1.165) is 57.6 Å². The first-order chi connectivity index (χ1) is 26.4. The van der Waals surface area contributed by atoms with E-state index in [1.54, 1.807) is 0 Å². The molecule has 0 spiro atoms. The molecule has 0 bridgehead atoms. The second kappa shape index (κ2) is 12.5. The molecule has 0 amide bonds. The smallest absolute Gasteiger partial charge is 0.257 e. The molecule has 0 N–H and O–H groups in total. The van der Waals surface area contributed by atoms with Gasteiger partial charge in [0.2, 0.25) is 5.88 Å². The Kier molecular flexibility index (Phi) is 8.12. The van der Waals surface area contributed by atoms with Crippen LogP contribution in [0.4, 0.5) is 34.3 Å². The van der Waals surface area contributed by atoms with Gasteiger partial charge in [-0.3, -0.25) is 4.90 Å². The van der Waals surface area contributed by atoms with Crippen molar-refractivity contribution in [2.45, 2.75) is 106 Å². The maximum Gasteiger partial charge on any atom is 0.257 e. The van der Waals surface area contributed by atoms with Crippen LogP contribution in [0.25, 0.3) is 11.0 Å². The second-order valence-corrected chi connectivity index (χ2v) is 19.5. The summed E-state index contributed by atoms with van der Waals surface area (Å²) < 4.78 is 19.9. The summed E-state index contributed by atoms with van der Waals surface area (Å²) in [5.41, 5.74) is 17.7. The molecule has 1 aromatic heterocycles. The van der Waals surface area contributed by atoms with Gasteiger partial charge >= 0.3 is 0 Å². The molecule has 4 heterocycles. The highest BCUT2D eigenvalue weighted by Crippen LogP contribution is 2.51. The molecule has 0 radical (unpaired) electrons. The second-order valence-electron chi connectivity index (χ2n) is 19.5. The summed E-state index contributed by atoms with van der Waals surface area (Å²) >= 11 is 0. The molecule has 3 aliphatic rings. The van der Waals surface area contributed by atoms with Crippen LogP contribution in [-0.2, 0) is 16.2 Å². The number of anilines is 6. The molecule has 5 aromatic carbocycles. The number of ether oxygens (including phenoxy) is 2. The summed E-state index contributed by atoms with van der Waals surface area (Å²) in [5, 5.41) is 1.17. The fourth-order valence-corrected chi connectivity index (χ4v) is 9.17. The Labute approximate surface area is 333 Å². The van der Waals surface area contributed by atoms with Crippen LogP contribution < -0.4 is 35.7 Å². The third kappa shape index (κ3) is 5.65. The third-order valence-electron chi connectivity index (χ3n) is 12.2. The van der Waals surface area contributed by atoms with Crippen LogP contribution in [0.5, 0.6) is 11.5 Å². The van der Waals surface area contributed by atoms with E-state index in [-0.39, 0.29) is 23.0 Å². The number of hydrogen-bond acceptors (Lipinski definition) is 5. The Balaban J connectivity index is 1.41. The summed E-state index contributed by atoms with van der Waals surface area (Å²) in [7, 11) is 0. The van der Waals surface area contributed by atoms with Gasteiger partial charge in [0, 0.05) is 45.6 Å². The molecule has 5 nitrogen and oxygen atoms in total. The van der Waals surface area contributed by atoms with Gasteiger partial charge in [-0.05, 0) is 124 Å². The van der Waals surface area contributed by atoms with Crippen LogP contribution in [0.2, 0.25) is 0 Å². The SMILES string of the molecule is Cc1cc2c3c(c1)N(c1c(C)cc4c(c1C)OCCCO4)c1oc4ccc(C(C)(C)C)cc4c1B3c1cc(C(C)(C)C)ccc1N2c1ccc(C(C)(C)C)cc1. The number of hydrogen-bond donors (Lipinski definition) is 0. The number of fused-ring (bicyclic) bond motifs is 7. The predicted molar refractivity (Wildman–Crippen MR) is 236 cm³/mol. The summed E-state index contributed by atoms with van der Waals surface area (Å²) in [6.45, 7) is 28.5. The van der Waals surface area contributed by atoms with Crippen molar-refractivity contribution in [3.8, 4) is 11.5 Å². The largest absolute Gasteiger partial charge is 0.490 e. The van der Waals surface area contributed by atoms with E-state index >= 15 is 0 Å². The quantitative estimate of drug-likeness (QED) is 0.165. The highest BCUT2D eigenvalue weighted by atomic mass is 16.5. The summed E-state index contributed by atoms with van der Waals surface area (Å²) in [6.07, 6.45) is 0.853. The number of aryl methyl sites for hydroxylation is 2. The topological polar surface area (TPSA) is 38.1 Å². The van der Waals surface area contributed by atoms with Crippen molar-refractivity contribution in [1.29, 1.82) is 0 Å². The van der Waals surface area contributed by atoms with Crippen molar-refractivity contribution in [1.82, 2.24) is 0 Å². The van der Waals surface area contributed by atoms with Gasteiger partial charge in [0.15, 0.2) is 11.5 Å². The maximum atomic E-state index is 7.21. The van der Waals surface area contributed by atoms with E-state index in [0.29, 0.717) is 13.2 Å². The lowest BCUT2D eigenvalue weighted by molar-refractivity contribution is 0.296. The molecule has 0 unspecified atom stereocenters. The molecule has 0 saturated heterocycles. The molecule has 0 aliphatic carbocycles. The lowest BCUT2D eigenvalue weighted by Crippen LogP contribution is -2.61. The Bertz CT molecular complexity index is 2560. The van der Waals surface area contributed by atoms with Crippen LogP contribution in [0, 0.1) is 20.8 Å². The molecule has 0 atom stereocenters. The van der Waals surface area contributed by atoms with Gasteiger partial charge in [-0.1, -0.05) is 92.6 Å². The first kappa shape index (κ1) is 36.5. The zero-order valence-electron chi connectivity index (χ0n) is 35.3. The Morgan fingerprint density at radius 3 is 1.88 bits per heavy atom. The van der Waals surface area contributed by atoms with E-state index in [9.17, 15) is 0 Å². The van der Waals surface area contributed by atoms with Gasteiger partial charge in [-0.25, -0.2) is 0 Å². The summed E-state index contributed by atoms with van der Waals surface area (Å²) in [5.74, 6) is 2.51. The molecule has 0 fully saturated rings. The average molecular weight is 743 g/mol. The number of nitrogens with zero attached hydrogens (tertiary/aromatic N) is 2. The minimum Gasteiger partial charge on any atom is -0.490 e. The molecular formula is C50H55BN2O3. The van der Waals surface area contributed by atoms with Gasteiger partial charge in [-0.2, -0.15) is 0 Å². The lowest BCUT2D eigenvalue weighted by Gasteiger charge is -2.43. The number of benzene rings is 5. The van der Waals surface area contributed by atoms with Crippen molar-refractivity contribution in [2.75, 3.05) is 23.0 Å². The van der Waals surface area contributed by atoms with Gasteiger partial charge < -0.3 is 18.8 Å². The van der Waals surface area contributed by atoms with E-state index in [1.807, 2.05) is 0 Å². The predicted octanol–water partition coefficient (Wildman–Crippen LogP) is 11.5. The molecule has 6 heteroatoms. The number of rotatable bonds is 2. The molecule has 3 aliphatic heterocycles. The van der Waals surface area contributed by atoms with Crippen LogP contribution >= 0.6 is 0 Å². The van der Waals surface area contributed by atoms with Crippen LogP contribution in [0.3, 0.4) is 0 Å². The van der Waals surface area contributed by atoms with Crippen molar-refractivity contribution in [2.24, 2.45) is 0 Å². The molecular weight excluding hydrogens is 687 g/mol. The zero-order chi connectivity index (χ0) is 39.6. The normalized spacial score (nSPS) is 15.1. The fourth-order valence-electron chi connectivity index (χ4n) is 9.17. The van der Waals surface area contributed by atoms with Crippen molar-refractivity contribution >= 4 is 68.4 Å². The third-order valence-corrected chi connectivity index (χ3v) is 12.2. The van der Waals surface area contributed by atoms with E-state index in [4.69, 9.17) is 13.9 Å². The zero-order valence-corrected chi connectivity index (χ0v) is 35.3. The van der Waals surface area contributed by atoms with Crippen LogP contribution in [-0.4, -0.2) is 19.9 Å². The van der Waals surface area contributed by atoms with Gasteiger partial charge in [0.05, 0.1) is 18.9 Å². The van der Waals surface area contributed by atoms with Gasteiger partial charge in [0.1, 0.15) is 5.58 Å². The Morgan fingerprint density at radius 2 is 1.20 bits per heavy atom. The molecule has 6 aromatic rings. The minimum absolute atomic E-state index is 0.0334. The van der Waals surface area contributed by atoms with E-state index in [2.05, 4.69) is 172 Å². The molecule has 56 heavy (non-hydrogen) atoms. The monoisotopic (exact) mass is 742 g/mol. The minimum atomic E-state index is -0.0632. The van der Waals surface area contributed by atoms with E-state index in [1.165, 1.54) is 55.4 Å². The maximum absolute atomic E-state index is 7.21. The summed E-state index contributed by atoms with van der Waals surface area (Å²) in [4.78, 5) is 4.92. The van der Waals surface area contributed by atoms with Crippen LogP contribution in [0.15, 0.2) is 83.3 Å². The molecule has 286 valence electrons. The highest BCUT2D eigenvalue weighted by Gasteiger charge is 2.47. The Morgan fingerprint density at radius 1 is 0.589 bits per heavy atom. The first-order valence-corrected chi connectivity index (χ1v) is 20.4. The van der Waals surface area contributed by atoms with Crippen molar-refractivity contribution < 1.29 is 13.9 Å². The fraction of sp³-hybridized carbons (Fsp3) is 0.360. The molecule has 0 saturated carbocycles. The standard InChI is InChI=1S/C50H55BN2O3/c1-29-24-39-44-40(25-29)53(45-30(2)26-42-46(31(45)3)55-23-13-22-54-42)47-43(36-27-33(49(7,8)9)17-21-41(36)56-47)51(44)37-28-34(50(10,11)12)16-20-38(37)52(39)35-18-14-32(15-19-35)48(4,5)6/h14-21,24-28H,13,22-23H2,1-12H3.